The zero-order valence-corrected chi connectivity index (χ0v) is 12.3. The summed E-state index contributed by atoms with van der Waals surface area (Å²) in [4.78, 5) is 34.5. The molecule has 2 rings (SSSR count). The summed E-state index contributed by atoms with van der Waals surface area (Å²) < 4.78 is 0. The van der Waals surface area contributed by atoms with E-state index in [0.717, 1.165) is 5.56 Å². The Hall–Kier alpha value is -2.02. The molecule has 1 aliphatic heterocycles. The van der Waals surface area contributed by atoms with Gasteiger partial charge < -0.3 is 15.7 Å². The van der Waals surface area contributed by atoms with Gasteiger partial charge in [0.05, 0.1) is 5.25 Å². The molecule has 0 aromatic heterocycles. The number of carbonyl (C=O) groups is 3. The molecule has 0 radical (unpaired) electrons. The minimum Gasteiger partial charge on any atom is -0.480 e. The molecule has 2 unspecified atom stereocenters. The Kier molecular flexibility index (Phi) is 4.85. The Morgan fingerprint density at radius 1 is 1.38 bits per heavy atom. The second kappa shape index (κ2) is 6.62. The van der Waals surface area contributed by atoms with E-state index in [4.69, 9.17) is 5.11 Å². The first kappa shape index (κ1) is 15.4. The highest BCUT2D eigenvalue weighted by Gasteiger charge is 2.33. The molecule has 2 amide bonds. The first-order valence-corrected chi connectivity index (χ1v) is 7.52. The van der Waals surface area contributed by atoms with Crippen molar-refractivity contribution in [3.8, 4) is 0 Å². The largest absolute Gasteiger partial charge is 0.480 e. The summed E-state index contributed by atoms with van der Waals surface area (Å²) in [5.41, 5.74) is 1.77. The number of amides is 2. The molecule has 0 spiro atoms. The topological polar surface area (TPSA) is 95.5 Å². The number of nitrogens with one attached hydrogen (secondary N) is 2. The molecule has 0 saturated carbocycles. The lowest BCUT2D eigenvalue weighted by Gasteiger charge is -2.25. The third-order valence-electron chi connectivity index (χ3n) is 3.08. The summed E-state index contributed by atoms with van der Waals surface area (Å²) in [6, 6.07) is 6.48. The molecule has 7 heteroatoms. The monoisotopic (exact) mass is 308 g/mol. The van der Waals surface area contributed by atoms with E-state index in [1.54, 1.807) is 12.1 Å². The van der Waals surface area contributed by atoms with Crippen molar-refractivity contribution in [3.05, 3.63) is 29.8 Å². The number of rotatable bonds is 4. The van der Waals surface area contributed by atoms with Crippen LogP contribution in [0.15, 0.2) is 24.3 Å². The maximum atomic E-state index is 11.9. The standard InChI is InChI=1S/C14H16N2O4S/c1-8-2-4-9(5-3-8)15-12(17)6-11-13(18)16-10(7-21-11)14(19)20/h2-5,10-11H,6-7H2,1H3,(H,15,17)(H,16,18)(H,19,20). The van der Waals surface area contributed by atoms with Crippen LogP contribution in [0.3, 0.4) is 0 Å². The number of carbonyl (C=O) groups excluding carboxylic acids is 2. The first-order chi connectivity index (χ1) is 9.95. The number of thioether (sulfide) groups is 1. The molecule has 3 N–H and O–H groups in total. The number of hydrogen-bond donors (Lipinski definition) is 3. The number of benzene rings is 1. The van der Waals surface area contributed by atoms with E-state index >= 15 is 0 Å². The van der Waals surface area contributed by atoms with Gasteiger partial charge in [0.1, 0.15) is 6.04 Å². The quantitative estimate of drug-likeness (QED) is 0.771. The molecule has 0 aliphatic carbocycles. The third kappa shape index (κ3) is 4.22. The van der Waals surface area contributed by atoms with E-state index in [2.05, 4.69) is 10.6 Å². The molecule has 0 bridgehead atoms. The van der Waals surface area contributed by atoms with Gasteiger partial charge in [-0.2, -0.15) is 0 Å². The zero-order valence-electron chi connectivity index (χ0n) is 11.5. The SMILES string of the molecule is Cc1ccc(NC(=O)CC2SCC(C(=O)O)NC2=O)cc1. The second-order valence-electron chi connectivity index (χ2n) is 4.84. The summed E-state index contributed by atoms with van der Waals surface area (Å²) in [6.07, 6.45) is 0.0245. The molecule has 21 heavy (non-hydrogen) atoms. The smallest absolute Gasteiger partial charge is 0.327 e. The number of anilines is 1. The summed E-state index contributed by atoms with van der Waals surface area (Å²) >= 11 is 1.20. The lowest BCUT2D eigenvalue weighted by atomic mass is 10.2. The highest BCUT2D eigenvalue weighted by molar-refractivity contribution is 8.00. The summed E-state index contributed by atoms with van der Waals surface area (Å²) in [5.74, 6) is -1.46. The highest BCUT2D eigenvalue weighted by atomic mass is 32.2. The van der Waals surface area contributed by atoms with E-state index in [1.807, 2.05) is 19.1 Å². The van der Waals surface area contributed by atoms with Crippen LogP contribution in [0, 0.1) is 6.92 Å². The van der Waals surface area contributed by atoms with Gasteiger partial charge >= 0.3 is 5.97 Å². The molecule has 1 aromatic rings. The van der Waals surface area contributed by atoms with E-state index in [0.29, 0.717) is 5.69 Å². The van der Waals surface area contributed by atoms with Crippen LogP contribution in [0.2, 0.25) is 0 Å². The van der Waals surface area contributed by atoms with E-state index in [9.17, 15) is 14.4 Å². The Balaban J connectivity index is 1.87. The van der Waals surface area contributed by atoms with Crippen LogP contribution in [0.25, 0.3) is 0 Å². The Bertz CT molecular complexity index is 559. The van der Waals surface area contributed by atoms with Crippen molar-refractivity contribution in [1.82, 2.24) is 5.32 Å². The van der Waals surface area contributed by atoms with Gasteiger partial charge in [-0.3, -0.25) is 9.59 Å². The van der Waals surface area contributed by atoms with Crippen molar-refractivity contribution >= 4 is 35.2 Å². The van der Waals surface area contributed by atoms with Gasteiger partial charge in [0, 0.05) is 17.9 Å². The van der Waals surface area contributed by atoms with Crippen molar-refractivity contribution < 1.29 is 19.5 Å². The zero-order chi connectivity index (χ0) is 15.4. The number of carboxylic acid groups (broad SMARTS) is 1. The number of carboxylic acids is 1. The van der Waals surface area contributed by atoms with Crippen LogP contribution >= 0.6 is 11.8 Å². The number of hydrogen-bond acceptors (Lipinski definition) is 4. The fourth-order valence-electron chi connectivity index (χ4n) is 1.90. The number of aryl methyl sites for hydroxylation is 1. The predicted molar refractivity (Wildman–Crippen MR) is 80.2 cm³/mol. The van der Waals surface area contributed by atoms with E-state index in [-0.39, 0.29) is 18.1 Å². The normalized spacial score (nSPS) is 21.5. The van der Waals surface area contributed by atoms with Crippen LogP contribution in [-0.2, 0) is 14.4 Å². The minimum absolute atomic E-state index is 0.0245. The molecule has 1 aliphatic rings. The summed E-state index contributed by atoms with van der Waals surface area (Å²) in [5, 5.41) is 13.4. The highest BCUT2D eigenvalue weighted by Crippen LogP contribution is 2.21. The maximum Gasteiger partial charge on any atom is 0.327 e. The van der Waals surface area contributed by atoms with Crippen molar-refractivity contribution in [1.29, 1.82) is 0 Å². The van der Waals surface area contributed by atoms with Crippen molar-refractivity contribution in [2.45, 2.75) is 24.6 Å². The third-order valence-corrected chi connectivity index (χ3v) is 4.39. The fourth-order valence-corrected chi connectivity index (χ4v) is 3.04. The van der Waals surface area contributed by atoms with E-state index < -0.39 is 23.2 Å². The molecule has 1 saturated heterocycles. The Morgan fingerprint density at radius 3 is 2.62 bits per heavy atom. The second-order valence-corrected chi connectivity index (χ2v) is 6.08. The summed E-state index contributed by atoms with van der Waals surface area (Å²) in [7, 11) is 0. The summed E-state index contributed by atoms with van der Waals surface area (Å²) in [6.45, 7) is 1.95. The van der Waals surface area contributed by atoms with Crippen molar-refractivity contribution in [2.24, 2.45) is 0 Å². The molecule has 1 heterocycles. The van der Waals surface area contributed by atoms with Gasteiger partial charge in [-0.1, -0.05) is 17.7 Å². The van der Waals surface area contributed by atoms with Gasteiger partial charge in [0.15, 0.2) is 0 Å². The van der Waals surface area contributed by atoms with Crippen LogP contribution in [0.5, 0.6) is 0 Å². The van der Waals surface area contributed by atoms with Crippen LogP contribution in [0.1, 0.15) is 12.0 Å². The Labute approximate surface area is 126 Å². The average Bonchev–Trinajstić information content (AvgIpc) is 2.43. The maximum absolute atomic E-state index is 11.9. The molecule has 6 nitrogen and oxygen atoms in total. The van der Waals surface area contributed by atoms with Gasteiger partial charge in [-0.25, -0.2) is 4.79 Å². The van der Waals surface area contributed by atoms with Crippen LogP contribution in [-0.4, -0.2) is 39.9 Å². The molecular formula is C14H16N2O4S. The van der Waals surface area contributed by atoms with Crippen LogP contribution < -0.4 is 10.6 Å². The first-order valence-electron chi connectivity index (χ1n) is 6.47. The van der Waals surface area contributed by atoms with Crippen molar-refractivity contribution in [3.63, 3.8) is 0 Å². The fraction of sp³-hybridized carbons (Fsp3) is 0.357. The molecule has 2 atom stereocenters. The lowest BCUT2D eigenvalue weighted by molar-refractivity contribution is -0.141. The van der Waals surface area contributed by atoms with E-state index in [1.165, 1.54) is 11.8 Å². The van der Waals surface area contributed by atoms with Gasteiger partial charge in [0.25, 0.3) is 0 Å². The number of aliphatic carboxylic acids is 1. The molecule has 1 aromatic carbocycles. The lowest BCUT2D eigenvalue weighted by Crippen LogP contribution is -2.51. The minimum atomic E-state index is -1.06. The van der Waals surface area contributed by atoms with Gasteiger partial charge in [-0.05, 0) is 19.1 Å². The van der Waals surface area contributed by atoms with Gasteiger partial charge in [0.2, 0.25) is 11.8 Å². The van der Waals surface area contributed by atoms with Gasteiger partial charge in [-0.15, -0.1) is 11.8 Å². The predicted octanol–water partition coefficient (Wildman–Crippen LogP) is 1.01. The molecular weight excluding hydrogens is 292 g/mol. The molecule has 1 fully saturated rings. The Morgan fingerprint density at radius 2 is 2.05 bits per heavy atom. The average molecular weight is 308 g/mol. The molecule has 112 valence electrons. The van der Waals surface area contributed by atoms with Crippen molar-refractivity contribution in [2.75, 3.05) is 11.1 Å². The van der Waals surface area contributed by atoms with Crippen LogP contribution in [0.4, 0.5) is 5.69 Å².